The van der Waals surface area contributed by atoms with Crippen molar-refractivity contribution in [3.8, 4) is 0 Å². The average molecular weight is 613 g/mol. The fraction of sp³-hybridized carbons (Fsp3) is 0.560. The number of hydrogen-bond donors (Lipinski definition) is 2. The lowest BCUT2D eigenvalue weighted by Crippen LogP contribution is -2.70. The second-order valence-corrected chi connectivity index (χ2v) is 11.4. The van der Waals surface area contributed by atoms with E-state index in [1.54, 1.807) is 12.3 Å². The van der Waals surface area contributed by atoms with Crippen LogP contribution < -0.4 is 11.1 Å². The molecule has 1 aromatic rings. The van der Waals surface area contributed by atoms with Gasteiger partial charge in [0.05, 0.1) is 12.1 Å². The van der Waals surface area contributed by atoms with Crippen molar-refractivity contribution in [2.75, 3.05) is 18.1 Å². The van der Waals surface area contributed by atoms with E-state index in [2.05, 4.69) is 10.3 Å². The Morgan fingerprint density at radius 2 is 1.93 bits per heavy atom. The van der Waals surface area contributed by atoms with Crippen LogP contribution in [0.3, 0.4) is 0 Å². The number of β-lactam (4-membered cyclic amide) rings is 1. The number of esters is 2. The molecule has 16 heteroatoms. The van der Waals surface area contributed by atoms with Crippen LogP contribution >= 0.6 is 23.1 Å². The highest BCUT2D eigenvalue weighted by Crippen LogP contribution is 2.41. The Bertz CT molecular complexity index is 1230. The molecule has 2 unspecified atom stereocenters. The van der Waals surface area contributed by atoms with Gasteiger partial charge in [0, 0.05) is 23.6 Å². The third-order valence-electron chi connectivity index (χ3n) is 5.80. The van der Waals surface area contributed by atoms with Gasteiger partial charge in [0.15, 0.2) is 5.13 Å². The topological polar surface area (TPSA) is 194 Å². The molecule has 3 N–H and O–H groups in total. The van der Waals surface area contributed by atoms with Crippen molar-refractivity contribution in [3.63, 3.8) is 0 Å². The second kappa shape index (κ2) is 14.3. The summed E-state index contributed by atoms with van der Waals surface area (Å²) in [5, 5.41) is 3.95. The Morgan fingerprint density at radius 3 is 2.56 bits per heavy atom. The lowest BCUT2D eigenvalue weighted by Gasteiger charge is -2.49. The molecule has 0 aliphatic carbocycles. The van der Waals surface area contributed by atoms with Gasteiger partial charge >= 0.3 is 18.1 Å². The molecule has 3 rings (SSSR count). The summed E-state index contributed by atoms with van der Waals surface area (Å²) in [6, 6.07) is -0.934. The summed E-state index contributed by atoms with van der Waals surface area (Å²) in [6.07, 6.45) is -1.93. The molecule has 0 aromatic carbocycles. The van der Waals surface area contributed by atoms with Gasteiger partial charge in [0.1, 0.15) is 42.0 Å². The van der Waals surface area contributed by atoms with E-state index in [-0.39, 0.29) is 30.1 Å². The number of carbonyl (C=O) groups is 6. The first-order valence-electron chi connectivity index (χ1n) is 12.8. The molecule has 224 valence electrons. The Labute approximate surface area is 244 Å². The van der Waals surface area contributed by atoms with Crippen molar-refractivity contribution in [2.24, 2.45) is 0 Å². The number of nitrogens with two attached hydrogens (primary N) is 1. The molecule has 2 amide bonds. The number of thioether (sulfide) groups is 1. The van der Waals surface area contributed by atoms with Crippen molar-refractivity contribution in [3.05, 3.63) is 22.3 Å². The number of fused-ring (bicyclic) bond motifs is 1. The minimum absolute atomic E-state index is 0.0845. The predicted octanol–water partition coefficient (Wildman–Crippen LogP) is 1.68. The zero-order valence-corrected chi connectivity index (χ0v) is 24.6. The van der Waals surface area contributed by atoms with Crippen LogP contribution in [0.5, 0.6) is 0 Å². The standard InChI is InChI=1S/C25H32N4O10S2/c1-5-6-13(3)37-25(35)39-14(4)38-23(34)20-15(9-36-18(32)7-12(2)30)10-40-22-19(21(33)29(20)22)28-17(31)8-16-11-41-24(26)27-16/h11,13-14,19,22H,5-10H2,1-4H3,(H2,26,27)(H,28,31)/t13?,14?,19-,22-/m1/s1. The van der Waals surface area contributed by atoms with Gasteiger partial charge < -0.3 is 30.0 Å². The van der Waals surface area contributed by atoms with Crippen LogP contribution in [0.1, 0.15) is 52.7 Å². The molecule has 0 saturated carbocycles. The van der Waals surface area contributed by atoms with Gasteiger partial charge in [-0.25, -0.2) is 14.6 Å². The summed E-state index contributed by atoms with van der Waals surface area (Å²) in [5.41, 5.74) is 6.11. The molecule has 1 fully saturated rings. The summed E-state index contributed by atoms with van der Waals surface area (Å²) in [7, 11) is 0. The number of Topliss-reactive ketones (excluding diaryl/α,β-unsaturated/α-hetero) is 1. The molecule has 4 atom stereocenters. The first kappa shape index (κ1) is 31.9. The van der Waals surface area contributed by atoms with Crippen LogP contribution in [0, 0.1) is 0 Å². The highest BCUT2D eigenvalue weighted by Gasteiger charge is 2.54. The molecule has 41 heavy (non-hydrogen) atoms. The smallest absolute Gasteiger partial charge is 0.461 e. The Kier molecular flexibility index (Phi) is 11.1. The van der Waals surface area contributed by atoms with E-state index in [1.165, 1.54) is 36.9 Å². The fourth-order valence-electron chi connectivity index (χ4n) is 4.02. The van der Waals surface area contributed by atoms with Crippen molar-refractivity contribution < 1.29 is 47.7 Å². The monoisotopic (exact) mass is 612 g/mol. The zero-order valence-electron chi connectivity index (χ0n) is 23.0. The number of nitrogens with zero attached hydrogens (tertiary/aromatic N) is 2. The van der Waals surface area contributed by atoms with Gasteiger partial charge in [0.25, 0.3) is 5.91 Å². The van der Waals surface area contributed by atoms with E-state index in [1.807, 2.05) is 6.92 Å². The Balaban J connectivity index is 1.71. The fourth-order valence-corrected chi connectivity index (χ4v) is 5.91. The van der Waals surface area contributed by atoms with Gasteiger partial charge in [-0.1, -0.05) is 13.3 Å². The van der Waals surface area contributed by atoms with Crippen LogP contribution in [-0.2, 0) is 49.3 Å². The molecule has 0 radical (unpaired) electrons. The lowest BCUT2D eigenvalue weighted by atomic mass is 10.0. The van der Waals surface area contributed by atoms with Crippen molar-refractivity contribution in [1.29, 1.82) is 0 Å². The van der Waals surface area contributed by atoms with Crippen LogP contribution in [0.4, 0.5) is 9.93 Å². The summed E-state index contributed by atoms with van der Waals surface area (Å²) in [5.74, 6) is -3.10. The van der Waals surface area contributed by atoms with Crippen molar-refractivity contribution in [2.45, 2.75) is 77.2 Å². The zero-order chi connectivity index (χ0) is 30.3. The van der Waals surface area contributed by atoms with Gasteiger partial charge in [-0.2, -0.15) is 0 Å². The third kappa shape index (κ3) is 8.66. The summed E-state index contributed by atoms with van der Waals surface area (Å²) in [6.45, 7) is 5.78. The molecule has 0 spiro atoms. The van der Waals surface area contributed by atoms with Gasteiger partial charge in [0.2, 0.25) is 12.2 Å². The average Bonchev–Trinajstić information content (AvgIpc) is 3.28. The maximum atomic E-state index is 13.2. The normalized spacial score (nSPS) is 19.3. The van der Waals surface area contributed by atoms with E-state index in [9.17, 15) is 28.8 Å². The minimum atomic E-state index is -1.37. The first-order valence-corrected chi connectivity index (χ1v) is 14.7. The Hall–Kier alpha value is -3.66. The number of rotatable bonds is 13. The molecule has 0 bridgehead atoms. The largest absolute Gasteiger partial charge is 0.511 e. The summed E-state index contributed by atoms with van der Waals surface area (Å²) >= 11 is 2.43. The van der Waals surface area contributed by atoms with Gasteiger partial charge in [-0.3, -0.25) is 24.1 Å². The van der Waals surface area contributed by atoms with E-state index in [0.29, 0.717) is 17.2 Å². The van der Waals surface area contributed by atoms with Gasteiger partial charge in [-0.15, -0.1) is 23.1 Å². The quantitative estimate of drug-likeness (QED) is 0.107. The van der Waals surface area contributed by atoms with E-state index in [0.717, 1.165) is 11.3 Å². The molecule has 1 aromatic heterocycles. The first-order chi connectivity index (χ1) is 19.4. The van der Waals surface area contributed by atoms with E-state index >= 15 is 0 Å². The summed E-state index contributed by atoms with van der Waals surface area (Å²) < 4.78 is 20.5. The number of thiazole rings is 1. The predicted molar refractivity (Wildman–Crippen MR) is 146 cm³/mol. The number of nitrogen functional groups attached to an aromatic ring is 1. The highest BCUT2D eigenvalue weighted by molar-refractivity contribution is 8.00. The van der Waals surface area contributed by atoms with Crippen LogP contribution in [0.25, 0.3) is 0 Å². The van der Waals surface area contributed by atoms with Crippen molar-refractivity contribution in [1.82, 2.24) is 15.2 Å². The second-order valence-electron chi connectivity index (χ2n) is 9.36. The van der Waals surface area contributed by atoms with E-state index in [4.69, 9.17) is 24.7 Å². The van der Waals surface area contributed by atoms with Crippen molar-refractivity contribution >= 4 is 63.9 Å². The number of ketones is 1. The maximum absolute atomic E-state index is 13.2. The number of aromatic nitrogens is 1. The lowest BCUT2D eigenvalue weighted by molar-refractivity contribution is -0.170. The number of nitrogens with one attached hydrogen (secondary N) is 1. The third-order valence-corrected chi connectivity index (χ3v) is 7.86. The molecule has 2 aliphatic rings. The number of ether oxygens (including phenoxy) is 4. The number of carbonyl (C=O) groups excluding carboxylic acids is 6. The summed E-state index contributed by atoms with van der Waals surface area (Å²) in [4.78, 5) is 79.3. The van der Waals surface area contributed by atoms with Crippen LogP contribution in [0.15, 0.2) is 16.7 Å². The minimum Gasteiger partial charge on any atom is -0.461 e. The molecule has 14 nitrogen and oxygen atoms in total. The number of anilines is 1. The molecule has 1 saturated heterocycles. The molecule has 2 aliphatic heterocycles. The highest BCUT2D eigenvalue weighted by atomic mass is 32.2. The molecular formula is C25H32N4O10S2. The number of hydrogen-bond acceptors (Lipinski definition) is 14. The SMILES string of the molecule is CCCC(C)OC(=O)OC(C)OC(=O)C1=C(COC(=O)CC(C)=O)CS[C@@H]2[C@H](NC(=O)Cc3csc(N)n3)C(=O)N12. The Morgan fingerprint density at radius 1 is 1.20 bits per heavy atom. The van der Waals surface area contributed by atoms with Gasteiger partial charge in [-0.05, 0) is 20.3 Å². The molecular weight excluding hydrogens is 580 g/mol. The number of amides is 2. The van der Waals surface area contributed by atoms with Crippen LogP contribution in [0.2, 0.25) is 0 Å². The van der Waals surface area contributed by atoms with Crippen LogP contribution in [-0.4, -0.2) is 81.7 Å². The maximum Gasteiger partial charge on any atom is 0.511 e. The molecule has 3 heterocycles. The van der Waals surface area contributed by atoms with E-state index < -0.39 is 65.9 Å².